The Morgan fingerprint density at radius 3 is 2.47 bits per heavy atom. The van der Waals surface area contributed by atoms with Crippen molar-refractivity contribution in [2.24, 2.45) is 5.92 Å². The summed E-state index contributed by atoms with van der Waals surface area (Å²) in [5, 5.41) is 7.35. The van der Waals surface area contributed by atoms with Crippen LogP contribution in [-0.4, -0.2) is 23.8 Å². The normalized spacial score (nSPS) is 18.3. The second-order valence-corrected chi connectivity index (χ2v) is 9.50. The Balaban J connectivity index is 1.40. The van der Waals surface area contributed by atoms with E-state index in [4.69, 9.17) is 25.6 Å². The van der Waals surface area contributed by atoms with Crippen molar-refractivity contribution in [3.63, 3.8) is 0 Å². The third-order valence-electron chi connectivity index (χ3n) is 6.71. The summed E-state index contributed by atoms with van der Waals surface area (Å²) >= 11 is 6.22. The first kappa shape index (κ1) is 25.8. The lowest BCUT2D eigenvalue weighted by Crippen LogP contribution is -2.23. The van der Waals surface area contributed by atoms with Crippen molar-refractivity contribution in [2.45, 2.75) is 58.5 Å². The van der Waals surface area contributed by atoms with Crippen LogP contribution in [0.1, 0.15) is 68.4 Å². The quantitative estimate of drug-likeness (QED) is 0.332. The number of nitrogens with zero attached hydrogens (tertiary/aromatic N) is 1. The summed E-state index contributed by atoms with van der Waals surface area (Å²) in [6, 6.07) is 15.3. The lowest BCUT2D eigenvalue weighted by atomic mass is 9.78. The van der Waals surface area contributed by atoms with Crippen molar-refractivity contribution in [3.05, 3.63) is 70.4 Å². The Hall–Kier alpha value is -3.32. The van der Waals surface area contributed by atoms with Gasteiger partial charge in [-0.3, -0.25) is 10.1 Å². The van der Waals surface area contributed by atoms with Gasteiger partial charge in [-0.2, -0.15) is 0 Å². The molecule has 1 aromatic heterocycles. The van der Waals surface area contributed by atoms with Gasteiger partial charge in [0.2, 0.25) is 0 Å². The van der Waals surface area contributed by atoms with E-state index in [-0.39, 0.29) is 11.9 Å². The van der Waals surface area contributed by atoms with E-state index in [1.54, 1.807) is 19.9 Å². The van der Waals surface area contributed by atoms with Gasteiger partial charge in [-0.15, -0.1) is 0 Å². The lowest BCUT2D eigenvalue weighted by molar-refractivity contribution is -0.149. The van der Waals surface area contributed by atoms with Crippen LogP contribution >= 0.6 is 11.6 Å². The van der Waals surface area contributed by atoms with Gasteiger partial charge in [0.05, 0.1) is 12.5 Å². The number of carbonyl (C=O) groups is 2. The zero-order chi connectivity index (χ0) is 25.7. The zero-order valence-corrected chi connectivity index (χ0v) is 21.5. The number of aromatic nitrogens is 1. The summed E-state index contributed by atoms with van der Waals surface area (Å²) in [7, 11) is 0. The van der Waals surface area contributed by atoms with Crippen molar-refractivity contribution >= 4 is 29.4 Å². The van der Waals surface area contributed by atoms with Crippen LogP contribution in [-0.2, 0) is 14.3 Å². The molecule has 1 heterocycles. The fourth-order valence-electron chi connectivity index (χ4n) is 4.70. The van der Waals surface area contributed by atoms with E-state index in [0.717, 1.165) is 36.8 Å². The summed E-state index contributed by atoms with van der Waals surface area (Å²) < 4.78 is 16.3. The van der Waals surface area contributed by atoms with Crippen LogP contribution < -0.4 is 5.32 Å². The minimum absolute atomic E-state index is 0.00617. The number of anilines is 1. The van der Waals surface area contributed by atoms with Gasteiger partial charge in [-0.1, -0.05) is 59.2 Å². The lowest BCUT2D eigenvalue weighted by Gasteiger charge is -2.27. The summed E-state index contributed by atoms with van der Waals surface area (Å²) in [5.74, 6) is 0.797. The third kappa shape index (κ3) is 5.90. The van der Waals surface area contributed by atoms with Gasteiger partial charge in [0, 0.05) is 16.1 Å². The van der Waals surface area contributed by atoms with Gasteiger partial charge in [0.25, 0.3) is 0 Å². The molecule has 4 rings (SSSR count). The molecular formula is C28H31ClN2O5. The molecule has 0 aliphatic heterocycles. The summed E-state index contributed by atoms with van der Waals surface area (Å²) in [4.78, 5) is 24.7. The van der Waals surface area contributed by atoms with Crippen molar-refractivity contribution < 1.29 is 23.6 Å². The maximum absolute atomic E-state index is 12.6. The van der Waals surface area contributed by atoms with Gasteiger partial charge in [-0.25, -0.2) is 4.79 Å². The van der Waals surface area contributed by atoms with Gasteiger partial charge in [-0.05, 0) is 64.0 Å². The van der Waals surface area contributed by atoms with Crippen molar-refractivity contribution in [2.75, 3.05) is 11.9 Å². The Morgan fingerprint density at radius 2 is 1.81 bits per heavy atom. The topological polar surface area (TPSA) is 90.7 Å². The number of benzene rings is 2. The SMILES string of the molecule is CCOC(=O)C1CCC(c2ccc(-c3onc(C)c3NC(=O)OC(C)c3ccccc3Cl)cc2)CC1. The van der Waals surface area contributed by atoms with Crippen LogP contribution in [0.2, 0.25) is 5.02 Å². The molecule has 0 saturated heterocycles. The molecule has 8 heteroatoms. The molecule has 0 bridgehead atoms. The average molecular weight is 511 g/mol. The monoisotopic (exact) mass is 510 g/mol. The number of aryl methyl sites for hydroxylation is 1. The molecule has 1 fully saturated rings. The highest BCUT2D eigenvalue weighted by Gasteiger charge is 2.28. The zero-order valence-electron chi connectivity index (χ0n) is 20.8. The van der Waals surface area contributed by atoms with Crippen LogP contribution in [0.3, 0.4) is 0 Å². The van der Waals surface area contributed by atoms with Crippen molar-refractivity contribution in [3.8, 4) is 11.3 Å². The molecule has 1 unspecified atom stereocenters. The molecule has 0 radical (unpaired) electrons. The van der Waals surface area contributed by atoms with E-state index in [9.17, 15) is 9.59 Å². The molecule has 1 aliphatic rings. The van der Waals surface area contributed by atoms with E-state index in [0.29, 0.717) is 34.7 Å². The van der Waals surface area contributed by atoms with Crippen LogP contribution in [0, 0.1) is 12.8 Å². The number of ether oxygens (including phenoxy) is 2. The number of hydrogen-bond acceptors (Lipinski definition) is 6. The molecule has 1 N–H and O–H groups in total. The Bertz CT molecular complexity index is 1200. The maximum atomic E-state index is 12.6. The molecule has 36 heavy (non-hydrogen) atoms. The van der Waals surface area contributed by atoms with Crippen molar-refractivity contribution in [1.29, 1.82) is 0 Å². The molecule has 1 saturated carbocycles. The van der Waals surface area contributed by atoms with E-state index >= 15 is 0 Å². The van der Waals surface area contributed by atoms with Crippen LogP contribution in [0.5, 0.6) is 0 Å². The largest absolute Gasteiger partial charge is 0.466 e. The standard InChI is InChI=1S/C28H31ClN2O5/c1-4-34-27(32)22-15-11-20(12-16-22)19-9-13-21(14-10-19)26-25(17(2)31-36-26)30-28(33)35-18(3)23-7-5-6-8-24(23)29/h5-10,13-14,18,20,22H,4,11-12,15-16H2,1-3H3,(H,30,33). The summed E-state index contributed by atoms with van der Waals surface area (Å²) in [6.07, 6.45) is 2.44. The Morgan fingerprint density at radius 1 is 1.11 bits per heavy atom. The van der Waals surface area contributed by atoms with E-state index in [2.05, 4.69) is 22.6 Å². The summed E-state index contributed by atoms with van der Waals surface area (Å²) in [5.41, 5.74) is 3.76. The molecule has 2 aromatic carbocycles. The molecule has 0 spiro atoms. The number of nitrogens with one attached hydrogen (secondary N) is 1. The minimum atomic E-state index is -0.620. The molecule has 7 nitrogen and oxygen atoms in total. The molecular weight excluding hydrogens is 480 g/mol. The van der Waals surface area contributed by atoms with E-state index < -0.39 is 12.2 Å². The molecule has 1 aliphatic carbocycles. The Kier molecular flexibility index (Phi) is 8.31. The number of halogens is 1. The number of carbonyl (C=O) groups excluding carboxylic acids is 2. The van der Waals surface area contributed by atoms with Crippen molar-refractivity contribution in [1.82, 2.24) is 5.16 Å². The van der Waals surface area contributed by atoms with Gasteiger partial charge >= 0.3 is 12.1 Å². The summed E-state index contributed by atoms with van der Waals surface area (Å²) in [6.45, 7) is 5.79. The highest BCUT2D eigenvalue weighted by Crippen LogP contribution is 2.38. The average Bonchev–Trinajstić information content (AvgIpc) is 3.24. The highest BCUT2D eigenvalue weighted by molar-refractivity contribution is 6.31. The first-order valence-electron chi connectivity index (χ1n) is 12.3. The van der Waals surface area contributed by atoms with Gasteiger partial charge in [0.1, 0.15) is 17.5 Å². The Labute approximate surface area is 216 Å². The van der Waals surface area contributed by atoms with Crippen LogP contribution in [0.25, 0.3) is 11.3 Å². The number of hydrogen-bond donors (Lipinski definition) is 1. The third-order valence-corrected chi connectivity index (χ3v) is 7.05. The first-order chi connectivity index (χ1) is 17.4. The van der Waals surface area contributed by atoms with Crippen LogP contribution in [0.15, 0.2) is 53.1 Å². The molecule has 1 amide bonds. The first-order valence-corrected chi connectivity index (χ1v) is 12.7. The molecule has 1 atom stereocenters. The predicted octanol–water partition coefficient (Wildman–Crippen LogP) is 7.45. The van der Waals surface area contributed by atoms with Crippen LogP contribution in [0.4, 0.5) is 10.5 Å². The minimum Gasteiger partial charge on any atom is -0.466 e. The second-order valence-electron chi connectivity index (χ2n) is 9.09. The number of amides is 1. The molecule has 190 valence electrons. The van der Waals surface area contributed by atoms with Gasteiger partial charge in [0.15, 0.2) is 5.76 Å². The fourth-order valence-corrected chi connectivity index (χ4v) is 4.99. The smallest absolute Gasteiger partial charge is 0.412 e. The van der Waals surface area contributed by atoms with Gasteiger partial charge < -0.3 is 14.0 Å². The number of esters is 1. The fraction of sp³-hybridized carbons (Fsp3) is 0.393. The second kappa shape index (κ2) is 11.6. The predicted molar refractivity (Wildman–Crippen MR) is 138 cm³/mol. The van der Waals surface area contributed by atoms with E-state index in [1.165, 1.54) is 5.56 Å². The molecule has 3 aromatic rings. The van der Waals surface area contributed by atoms with E-state index in [1.807, 2.05) is 37.3 Å². The highest BCUT2D eigenvalue weighted by atomic mass is 35.5. The maximum Gasteiger partial charge on any atom is 0.412 e. The number of rotatable bonds is 7.